The van der Waals surface area contributed by atoms with Gasteiger partial charge < -0.3 is 10.3 Å². The van der Waals surface area contributed by atoms with Crippen molar-refractivity contribution in [3.63, 3.8) is 0 Å². The van der Waals surface area contributed by atoms with Gasteiger partial charge in [-0.05, 0) is 18.5 Å². The number of nitrogens with zero attached hydrogens (tertiary/aromatic N) is 4. The van der Waals surface area contributed by atoms with Crippen molar-refractivity contribution in [3.8, 4) is 0 Å². The minimum Gasteiger partial charge on any atom is -0.355 e. The van der Waals surface area contributed by atoms with E-state index in [4.69, 9.17) is 11.6 Å². The molecule has 0 saturated heterocycles. The Morgan fingerprint density at radius 2 is 2.33 bits per heavy atom. The Labute approximate surface area is 107 Å². The number of H-pyrrole nitrogens is 1. The van der Waals surface area contributed by atoms with Crippen LogP contribution in [0.5, 0.6) is 0 Å². The molecular weight excluding hydrogens is 260 g/mol. The lowest BCUT2D eigenvalue weighted by molar-refractivity contribution is -0.384. The lowest BCUT2D eigenvalue weighted by Gasteiger charge is -2.11. The smallest absolute Gasteiger partial charge is 0.329 e. The number of imidazole rings is 1. The second kappa shape index (κ2) is 4.96. The first-order valence-corrected chi connectivity index (χ1v) is 5.38. The second-order valence-corrected chi connectivity index (χ2v) is 3.81. The maximum atomic E-state index is 10.8. The third-order valence-electron chi connectivity index (χ3n) is 2.22. The summed E-state index contributed by atoms with van der Waals surface area (Å²) >= 11 is 5.62. The number of anilines is 1. The van der Waals surface area contributed by atoms with Crippen LogP contribution < -0.4 is 5.32 Å². The van der Waals surface area contributed by atoms with Crippen LogP contribution in [0.4, 0.5) is 11.5 Å². The third-order valence-corrected chi connectivity index (χ3v) is 2.40. The SMILES string of the molecule is CC(Nc1nc(Cl)ncc1[N+](=O)[O-])c1ncc[nH]1. The van der Waals surface area contributed by atoms with E-state index in [2.05, 4.69) is 25.3 Å². The summed E-state index contributed by atoms with van der Waals surface area (Å²) in [5, 5.41) is 13.6. The average molecular weight is 269 g/mol. The Hall–Kier alpha value is -2.22. The van der Waals surface area contributed by atoms with E-state index >= 15 is 0 Å². The first kappa shape index (κ1) is 12.2. The molecule has 94 valence electrons. The summed E-state index contributed by atoms with van der Waals surface area (Å²) in [5.41, 5.74) is -0.238. The number of aromatic amines is 1. The Balaban J connectivity index is 2.28. The molecule has 2 aromatic heterocycles. The van der Waals surface area contributed by atoms with Crippen LogP contribution in [0.1, 0.15) is 18.8 Å². The third kappa shape index (κ3) is 2.54. The maximum Gasteiger partial charge on any atom is 0.329 e. The quantitative estimate of drug-likeness (QED) is 0.498. The normalized spacial score (nSPS) is 12.1. The van der Waals surface area contributed by atoms with Crippen LogP contribution in [0.2, 0.25) is 5.28 Å². The highest BCUT2D eigenvalue weighted by Gasteiger charge is 2.19. The Morgan fingerprint density at radius 3 is 2.94 bits per heavy atom. The fraction of sp³-hybridized carbons (Fsp3) is 0.222. The second-order valence-electron chi connectivity index (χ2n) is 3.47. The molecule has 0 saturated carbocycles. The van der Waals surface area contributed by atoms with E-state index in [0.717, 1.165) is 6.20 Å². The Bertz CT molecular complexity index is 558. The van der Waals surface area contributed by atoms with Crippen molar-refractivity contribution in [2.24, 2.45) is 0 Å². The molecule has 0 aliphatic heterocycles. The number of halogens is 1. The number of aromatic nitrogens is 4. The molecule has 2 aromatic rings. The average Bonchev–Trinajstić information content (AvgIpc) is 2.81. The van der Waals surface area contributed by atoms with E-state index < -0.39 is 4.92 Å². The molecule has 1 atom stereocenters. The number of nitro groups is 1. The summed E-state index contributed by atoms with van der Waals surface area (Å²) in [7, 11) is 0. The van der Waals surface area contributed by atoms with E-state index in [1.54, 1.807) is 19.3 Å². The highest BCUT2D eigenvalue weighted by atomic mass is 35.5. The van der Waals surface area contributed by atoms with Gasteiger partial charge in [-0.1, -0.05) is 0 Å². The van der Waals surface area contributed by atoms with Gasteiger partial charge in [0.05, 0.1) is 11.0 Å². The summed E-state index contributed by atoms with van der Waals surface area (Å²) in [6.45, 7) is 1.79. The molecule has 2 N–H and O–H groups in total. The van der Waals surface area contributed by atoms with Crippen LogP contribution in [0.15, 0.2) is 18.6 Å². The zero-order valence-corrected chi connectivity index (χ0v) is 10.0. The van der Waals surface area contributed by atoms with Crippen molar-refractivity contribution in [1.82, 2.24) is 19.9 Å². The van der Waals surface area contributed by atoms with Gasteiger partial charge in [0.1, 0.15) is 12.0 Å². The largest absolute Gasteiger partial charge is 0.355 e. The topological polar surface area (TPSA) is 110 Å². The number of hydrogen-bond acceptors (Lipinski definition) is 6. The molecule has 9 heteroatoms. The van der Waals surface area contributed by atoms with Crippen molar-refractivity contribution in [1.29, 1.82) is 0 Å². The number of hydrogen-bond donors (Lipinski definition) is 2. The van der Waals surface area contributed by atoms with Crippen molar-refractivity contribution in [2.45, 2.75) is 13.0 Å². The summed E-state index contributed by atoms with van der Waals surface area (Å²) in [6.07, 6.45) is 4.32. The predicted molar refractivity (Wildman–Crippen MR) is 64.3 cm³/mol. The zero-order valence-electron chi connectivity index (χ0n) is 9.29. The van der Waals surface area contributed by atoms with E-state index in [1.807, 2.05) is 0 Å². The minimum atomic E-state index is -0.576. The van der Waals surface area contributed by atoms with Gasteiger partial charge in [-0.25, -0.2) is 9.97 Å². The molecule has 0 fully saturated rings. The van der Waals surface area contributed by atoms with E-state index in [-0.39, 0.29) is 22.8 Å². The van der Waals surface area contributed by atoms with Gasteiger partial charge >= 0.3 is 5.69 Å². The molecule has 0 aromatic carbocycles. The lowest BCUT2D eigenvalue weighted by Crippen LogP contribution is -2.11. The summed E-state index contributed by atoms with van der Waals surface area (Å²) in [6, 6.07) is -0.273. The highest BCUT2D eigenvalue weighted by molar-refractivity contribution is 6.28. The Kier molecular flexibility index (Phi) is 3.38. The van der Waals surface area contributed by atoms with Crippen LogP contribution in [-0.2, 0) is 0 Å². The van der Waals surface area contributed by atoms with Crippen LogP contribution >= 0.6 is 11.6 Å². The van der Waals surface area contributed by atoms with Gasteiger partial charge in [-0.3, -0.25) is 10.1 Å². The predicted octanol–water partition coefficient (Wildman–Crippen LogP) is 1.93. The minimum absolute atomic E-state index is 0.0592. The summed E-state index contributed by atoms with van der Waals surface area (Å²) in [4.78, 5) is 24.6. The molecule has 0 spiro atoms. The summed E-state index contributed by atoms with van der Waals surface area (Å²) < 4.78 is 0. The highest BCUT2D eigenvalue weighted by Crippen LogP contribution is 2.25. The van der Waals surface area contributed by atoms with Gasteiger partial charge in [0.2, 0.25) is 11.1 Å². The van der Waals surface area contributed by atoms with E-state index in [9.17, 15) is 10.1 Å². The number of nitrogens with one attached hydrogen (secondary N) is 2. The Morgan fingerprint density at radius 1 is 1.56 bits per heavy atom. The molecule has 0 aliphatic rings. The molecule has 0 bridgehead atoms. The van der Waals surface area contributed by atoms with Gasteiger partial charge in [-0.15, -0.1) is 0 Å². The zero-order chi connectivity index (χ0) is 13.1. The molecule has 0 amide bonds. The van der Waals surface area contributed by atoms with Crippen molar-refractivity contribution in [2.75, 3.05) is 5.32 Å². The molecule has 18 heavy (non-hydrogen) atoms. The molecule has 0 radical (unpaired) electrons. The lowest BCUT2D eigenvalue weighted by atomic mass is 10.3. The van der Waals surface area contributed by atoms with Gasteiger partial charge in [-0.2, -0.15) is 4.98 Å². The standard InChI is InChI=1S/C9H9ClN6O2/c1-5(7-11-2-3-12-7)14-8-6(16(17)18)4-13-9(10)15-8/h2-5H,1H3,(H,11,12)(H,13,14,15). The van der Waals surface area contributed by atoms with Crippen molar-refractivity contribution in [3.05, 3.63) is 39.8 Å². The van der Waals surface area contributed by atoms with Gasteiger partial charge in [0.25, 0.3) is 0 Å². The van der Waals surface area contributed by atoms with Gasteiger partial charge in [0, 0.05) is 12.4 Å². The van der Waals surface area contributed by atoms with Crippen LogP contribution in [0.25, 0.3) is 0 Å². The molecule has 1 unspecified atom stereocenters. The van der Waals surface area contributed by atoms with Crippen molar-refractivity contribution < 1.29 is 4.92 Å². The molecule has 2 heterocycles. The summed E-state index contributed by atoms with van der Waals surface area (Å²) in [5.74, 6) is 0.697. The molecular formula is C9H9ClN6O2. The van der Waals surface area contributed by atoms with E-state index in [0.29, 0.717) is 5.82 Å². The molecule has 2 rings (SSSR count). The molecule has 0 aliphatic carbocycles. The molecule has 8 nitrogen and oxygen atoms in total. The van der Waals surface area contributed by atoms with Crippen LogP contribution in [0, 0.1) is 10.1 Å². The van der Waals surface area contributed by atoms with Crippen LogP contribution in [-0.4, -0.2) is 24.9 Å². The maximum absolute atomic E-state index is 10.8. The first-order valence-electron chi connectivity index (χ1n) is 5.00. The first-order chi connectivity index (χ1) is 8.58. The number of rotatable bonds is 4. The fourth-order valence-corrected chi connectivity index (χ4v) is 1.51. The van der Waals surface area contributed by atoms with E-state index in [1.165, 1.54) is 0 Å². The van der Waals surface area contributed by atoms with Crippen molar-refractivity contribution >= 4 is 23.1 Å². The monoisotopic (exact) mass is 268 g/mol. The van der Waals surface area contributed by atoms with Gasteiger partial charge in [0.15, 0.2) is 0 Å². The van der Waals surface area contributed by atoms with Crippen LogP contribution in [0.3, 0.4) is 0 Å². The fourth-order valence-electron chi connectivity index (χ4n) is 1.38.